The molecule has 0 spiro atoms. The van der Waals surface area contributed by atoms with E-state index in [1.807, 2.05) is 0 Å². The number of nitrogens with one attached hydrogen (secondary N) is 1. The topological polar surface area (TPSA) is 66.5 Å². The molecule has 0 saturated carbocycles. The summed E-state index contributed by atoms with van der Waals surface area (Å²) in [5, 5.41) is 2.21. The average molecular weight is 417 g/mol. The van der Waals surface area contributed by atoms with E-state index >= 15 is 0 Å². The molecule has 146 valence electrons. The molecule has 27 heavy (non-hydrogen) atoms. The Labute approximate surface area is 162 Å². The Kier molecular flexibility index (Phi) is 6.56. The molecule has 0 bridgehead atoms. The Balaban J connectivity index is 2.39. The van der Waals surface area contributed by atoms with Crippen LogP contribution in [0.25, 0.3) is 0 Å². The molecule has 2 aromatic carbocycles. The fourth-order valence-electron chi connectivity index (χ4n) is 2.55. The number of halogens is 3. The van der Waals surface area contributed by atoms with Crippen LogP contribution in [0.4, 0.5) is 14.5 Å². The molecule has 0 atom stereocenters. The van der Waals surface area contributed by atoms with Gasteiger partial charge in [-0.05, 0) is 36.8 Å². The SMILES string of the molecule is CCN(CC)S(=O)(=O)c1cc(NC(=O)c2cc(F)c(F)cc2Cl)ccc1C. The third-order valence-corrected chi connectivity index (χ3v) is 6.53. The molecule has 1 N–H and O–H groups in total. The zero-order valence-electron chi connectivity index (χ0n) is 15.0. The van der Waals surface area contributed by atoms with Crippen LogP contribution in [0.15, 0.2) is 35.2 Å². The van der Waals surface area contributed by atoms with Gasteiger partial charge in [0, 0.05) is 18.8 Å². The van der Waals surface area contributed by atoms with Crippen molar-refractivity contribution in [1.82, 2.24) is 4.31 Å². The maximum Gasteiger partial charge on any atom is 0.257 e. The number of carbonyl (C=O) groups is 1. The summed E-state index contributed by atoms with van der Waals surface area (Å²) in [6.45, 7) is 5.72. The number of hydrogen-bond donors (Lipinski definition) is 1. The minimum absolute atomic E-state index is 0.0559. The van der Waals surface area contributed by atoms with Gasteiger partial charge in [0.15, 0.2) is 11.6 Å². The Hall–Kier alpha value is -2.03. The summed E-state index contributed by atoms with van der Waals surface area (Å²) in [5.41, 5.74) is 0.451. The third-order valence-electron chi connectivity index (χ3n) is 4.02. The van der Waals surface area contributed by atoms with Crippen LogP contribution in [0.3, 0.4) is 0 Å². The Morgan fingerprint density at radius 1 is 1.11 bits per heavy atom. The number of anilines is 1. The third kappa shape index (κ3) is 4.45. The molecule has 5 nitrogen and oxygen atoms in total. The molecule has 0 aliphatic carbocycles. The van der Waals surface area contributed by atoms with E-state index in [0.717, 1.165) is 0 Å². The summed E-state index contributed by atoms with van der Waals surface area (Å²) >= 11 is 5.80. The lowest BCUT2D eigenvalue weighted by molar-refractivity contribution is 0.102. The molecular weight excluding hydrogens is 398 g/mol. The summed E-state index contributed by atoms with van der Waals surface area (Å²) in [7, 11) is -3.73. The van der Waals surface area contributed by atoms with Crippen LogP contribution in [0.1, 0.15) is 29.8 Å². The first-order valence-electron chi connectivity index (χ1n) is 8.18. The molecule has 2 aromatic rings. The van der Waals surface area contributed by atoms with Crippen molar-refractivity contribution in [2.24, 2.45) is 0 Å². The maximum absolute atomic E-state index is 13.4. The molecule has 0 aliphatic heterocycles. The van der Waals surface area contributed by atoms with E-state index in [1.165, 1.54) is 16.4 Å². The van der Waals surface area contributed by atoms with E-state index in [4.69, 9.17) is 11.6 Å². The van der Waals surface area contributed by atoms with Crippen LogP contribution in [-0.4, -0.2) is 31.7 Å². The van der Waals surface area contributed by atoms with Crippen LogP contribution < -0.4 is 5.32 Å². The smallest absolute Gasteiger partial charge is 0.257 e. The number of carbonyl (C=O) groups excluding carboxylic acids is 1. The molecule has 0 heterocycles. The summed E-state index contributed by atoms with van der Waals surface area (Å²) in [5.74, 6) is -3.16. The molecule has 0 aromatic heterocycles. The van der Waals surface area contributed by atoms with Gasteiger partial charge in [-0.25, -0.2) is 17.2 Å². The number of hydrogen-bond acceptors (Lipinski definition) is 3. The molecule has 2 rings (SSSR count). The predicted octanol–water partition coefficient (Wildman–Crippen LogP) is 4.21. The van der Waals surface area contributed by atoms with Crippen molar-refractivity contribution in [3.8, 4) is 0 Å². The average Bonchev–Trinajstić information content (AvgIpc) is 2.60. The number of aryl methyl sites for hydroxylation is 1. The van der Waals surface area contributed by atoms with Crippen molar-refractivity contribution in [3.63, 3.8) is 0 Å². The van der Waals surface area contributed by atoms with Crippen molar-refractivity contribution in [2.45, 2.75) is 25.7 Å². The molecule has 0 saturated heterocycles. The zero-order valence-corrected chi connectivity index (χ0v) is 16.6. The van der Waals surface area contributed by atoms with Gasteiger partial charge in [0.05, 0.1) is 15.5 Å². The second-order valence-corrected chi connectivity index (χ2v) is 8.08. The highest BCUT2D eigenvalue weighted by molar-refractivity contribution is 7.89. The van der Waals surface area contributed by atoms with E-state index in [1.54, 1.807) is 26.8 Å². The first kappa shape index (κ1) is 21.3. The molecule has 0 radical (unpaired) electrons. The van der Waals surface area contributed by atoms with Crippen LogP contribution in [-0.2, 0) is 10.0 Å². The van der Waals surface area contributed by atoms with Gasteiger partial charge in [0.2, 0.25) is 10.0 Å². The molecule has 0 unspecified atom stereocenters. The highest BCUT2D eigenvalue weighted by atomic mass is 35.5. The van der Waals surface area contributed by atoms with E-state index in [0.29, 0.717) is 30.8 Å². The normalized spacial score (nSPS) is 11.7. The van der Waals surface area contributed by atoms with Crippen molar-refractivity contribution in [3.05, 3.63) is 58.1 Å². The van der Waals surface area contributed by atoms with Gasteiger partial charge in [-0.15, -0.1) is 0 Å². The maximum atomic E-state index is 13.4. The van der Waals surface area contributed by atoms with E-state index < -0.39 is 27.6 Å². The van der Waals surface area contributed by atoms with Gasteiger partial charge in [0.25, 0.3) is 5.91 Å². The Bertz CT molecular complexity index is 977. The molecular formula is C18H19ClF2N2O3S. The highest BCUT2D eigenvalue weighted by Gasteiger charge is 2.24. The van der Waals surface area contributed by atoms with E-state index in [-0.39, 0.29) is 21.2 Å². The highest BCUT2D eigenvalue weighted by Crippen LogP contribution is 2.25. The minimum atomic E-state index is -3.73. The fourth-order valence-corrected chi connectivity index (χ4v) is 4.50. The van der Waals surface area contributed by atoms with E-state index in [9.17, 15) is 22.0 Å². The lowest BCUT2D eigenvalue weighted by Gasteiger charge is -2.20. The number of benzene rings is 2. The molecule has 1 amide bonds. The second kappa shape index (κ2) is 8.33. The summed E-state index contributed by atoms with van der Waals surface area (Å²) in [6, 6.07) is 5.79. The fraction of sp³-hybridized carbons (Fsp3) is 0.278. The quantitative estimate of drug-likeness (QED) is 0.717. The number of nitrogens with zero attached hydrogens (tertiary/aromatic N) is 1. The lowest BCUT2D eigenvalue weighted by Crippen LogP contribution is -2.31. The van der Waals surface area contributed by atoms with Gasteiger partial charge in [0.1, 0.15) is 0 Å². The summed E-state index contributed by atoms with van der Waals surface area (Å²) in [4.78, 5) is 12.4. The zero-order chi connectivity index (χ0) is 20.4. The summed E-state index contributed by atoms with van der Waals surface area (Å²) < 4.78 is 53.4. The first-order chi connectivity index (χ1) is 12.6. The second-order valence-electron chi connectivity index (χ2n) is 5.77. The predicted molar refractivity (Wildman–Crippen MR) is 101 cm³/mol. The number of amides is 1. The largest absolute Gasteiger partial charge is 0.322 e. The van der Waals surface area contributed by atoms with Crippen LogP contribution in [0, 0.1) is 18.6 Å². The lowest BCUT2D eigenvalue weighted by atomic mass is 10.1. The van der Waals surface area contributed by atoms with Crippen molar-refractivity contribution in [2.75, 3.05) is 18.4 Å². The number of rotatable bonds is 6. The summed E-state index contributed by atoms with van der Waals surface area (Å²) in [6.07, 6.45) is 0. The Morgan fingerprint density at radius 3 is 2.30 bits per heavy atom. The van der Waals surface area contributed by atoms with Crippen molar-refractivity contribution < 1.29 is 22.0 Å². The Morgan fingerprint density at radius 2 is 1.70 bits per heavy atom. The van der Waals surface area contributed by atoms with Crippen LogP contribution >= 0.6 is 11.6 Å². The van der Waals surface area contributed by atoms with Crippen LogP contribution in [0.2, 0.25) is 5.02 Å². The monoisotopic (exact) mass is 416 g/mol. The first-order valence-corrected chi connectivity index (χ1v) is 10.00. The van der Waals surface area contributed by atoms with Gasteiger partial charge in [-0.1, -0.05) is 31.5 Å². The molecule has 0 aliphatic rings. The van der Waals surface area contributed by atoms with Crippen LogP contribution in [0.5, 0.6) is 0 Å². The molecule has 9 heteroatoms. The number of sulfonamides is 1. The van der Waals surface area contributed by atoms with Gasteiger partial charge in [-0.2, -0.15) is 4.31 Å². The molecule has 0 fully saturated rings. The van der Waals surface area contributed by atoms with Gasteiger partial charge < -0.3 is 5.32 Å². The van der Waals surface area contributed by atoms with Crippen molar-refractivity contribution in [1.29, 1.82) is 0 Å². The standard InChI is InChI=1S/C18H19ClF2N2O3S/c1-4-23(5-2)27(25,26)17-8-12(7-6-11(17)3)22-18(24)13-9-15(20)16(21)10-14(13)19/h6-10H,4-5H2,1-3H3,(H,22,24). The van der Waals surface area contributed by atoms with E-state index in [2.05, 4.69) is 5.32 Å². The van der Waals surface area contributed by atoms with Crippen molar-refractivity contribution >= 4 is 33.2 Å². The van der Waals surface area contributed by atoms with Gasteiger partial charge in [-0.3, -0.25) is 4.79 Å². The van der Waals surface area contributed by atoms with Gasteiger partial charge >= 0.3 is 0 Å². The minimum Gasteiger partial charge on any atom is -0.322 e.